The molecule has 1 aromatic heterocycles. The summed E-state index contributed by atoms with van der Waals surface area (Å²) in [5.74, 6) is -0.638. The lowest BCUT2D eigenvalue weighted by Crippen LogP contribution is -2.32. The topological polar surface area (TPSA) is 103 Å². The smallest absolute Gasteiger partial charge is 0.331 e. The molecule has 0 spiro atoms. The number of carbonyl (C=O) groups excluding carboxylic acids is 2. The Balaban J connectivity index is 2.20. The molecule has 0 aliphatic carbocycles. The Kier molecular flexibility index (Phi) is 6.87. The standard InChI is InChI=1S/C19H22N2O6S/c1-4-21(5-2)28(25,26)17-10-11-18(23)20(12-17)13-19(24)27-16-8-6-15(7-9-16)14(3)22/h6-12H,4-5,13H2,1-3H3. The van der Waals surface area contributed by atoms with E-state index in [-0.39, 0.29) is 29.5 Å². The molecule has 0 amide bonds. The van der Waals surface area contributed by atoms with Crippen molar-refractivity contribution < 1.29 is 22.7 Å². The van der Waals surface area contributed by atoms with Gasteiger partial charge in [-0.05, 0) is 37.3 Å². The second kappa shape index (κ2) is 8.94. The van der Waals surface area contributed by atoms with Crippen molar-refractivity contribution in [3.63, 3.8) is 0 Å². The zero-order chi connectivity index (χ0) is 20.9. The monoisotopic (exact) mass is 406 g/mol. The van der Waals surface area contributed by atoms with E-state index in [1.165, 1.54) is 41.6 Å². The molecule has 0 fully saturated rings. The Morgan fingerprint density at radius 1 is 1.04 bits per heavy atom. The lowest BCUT2D eigenvalue weighted by atomic mass is 10.1. The van der Waals surface area contributed by atoms with Crippen molar-refractivity contribution in [1.82, 2.24) is 8.87 Å². The number of sulfonamides is 1. The second-order valence-electron chi connectivity index (χ2n) is 5.97. The summed E-state index contributed by atoms with van der Waals surface area (Å²) in [6.45, 7) is 4.98. The quantitative estimate of drug-likeness (QED) is 0.375. The van der Waals surface area contributed by atoms with Gasteiger partial charge in [0.2, 0.25) is 10.0 Å². The van der Waals surface area contributed by atoms with Crippen molar-refractivity contribution in [1.29, 1.82) is 0 Å². The molecule has 1 heterocycles. The summed E-state index contributed by atoms with van der Waals surface area (Å²) in [4.78, 5) is 35.4. The number of pyridine rings is 1. The molecule has 1 aromatic carbocycles. The lowest BCUT2D eigenvalue weighted by molar-refractivity contribution is -0.135. The molecular formula is C19H22N2O6S. The summed E-state index contributed by atoms with van der Waals surface area (Å²) < 4.78 is 32.6. The van der Waals surface area contributed by atoms with Gasteiger partial charge < -0.3 is 9.30 Å². The Morgan fingerprint density at radius 2 is 1.64 bits per heavy atom. The fourth-order valence-electron chi connectivity index (χ4n) is 2.56. The molecule has 150 valence electrons. The first kappa shape index (κ1) is 21.5. The number of aromatic nitrogens is 1. The molecule has 0 saturated heterocycles. The van der Waals surface area contributed by atoms with E-state index in [0.29, 0.717) is 5.56 Å². The predicted molar refractivity (Wildman–Crippen MR) is 103 cm³/mol. The highest BCUT2D eigenvalue weighted by molar-refractivity contribution is 7.89. The molecular weight excluding hydrogens is 384 g/mol. The summed E-state index contributed by atoms with van der Waals surface area (Å²) in [5, 5.41) is 0. The highest BCUT2D eigenvalue weighted by Crippen LogP contribution is 2.15. The fourth-order valence-corrected chi connectivity index (χ4v) is 4.04. The van der Waals surface area contributed by atoms with Crippen molar-refractivity contribution in [3.05, 3.63) is 58.5 Å². The van der Waals surface area contributed by atoms with Gasteiger partial charge in [0, 0.05) is 30.9 Å². The molecule has 0 bridgehead atoms. The van der Waals surface area contributed by atoms with Crippen LogP contribution in [0.2, 0.25) is 0 Å². The van der Waals surface area contributed by atoms with Crippen LogP contribution in [0, 0.1) is 0 Å². The third kappa shape index (κ3) is 4.93. The number of rotatable bonds is 8. The molecule has 0 N–H and O–H groups in total. The minimum absolute atomic E-state index is 0.0746. The summed E-state index contributed by atoms with van der Waals surface area (Å²) in [7, 11) is -3.76. The zero-order valence-electron chi connectivity index (χ0n) is 15.9. The minimum Gasteiger partial charge on any atom is -0.425 e. The number of benzene rings is 1. The summed E-state index contributed by atoms with van der Waals surface area (Å²) >= 11 is 0. The number of esters is 1. The van der Waals surface area contributed by atoms with Crippen LogP contribution in [0.4, 0.5) is 0 Å². The van der Waals surface area contributed by atoms with Gasteiger partial charge in [0.1, 0.15) is 12.3 Å². The Labute approximate surface area is 163 Å². The van der Waals surface area contributed by atoms with Crippen molar-refractivity contribution in [2.24, 2.45) is 0 Å². The van der Waals surface area contributed by atoms with E-state index < -0.39 is 28.1 Å². The molecule has 9 heteroatoms. The van der Waals surface area contributed by atoms with Crippen LogP contribution < -0.4 is 10.3 Å². The molecule has 0 aliphatic heterocycles. The van der Waals surface area contributed by atoms with Crippen molar-refractivity contribution in [2.75, 3.05) is 13.1 Å². The van der Waals surface area contributed by atoms with Crippen LogP contribution in [0.5, 0.6) is 5.75 Å². The Hall–Kier alpha value is -2.78. The maximum absolute atomic E-state index is 12.6. The fraction of sp³-hybridized carbons (Fsp3) is 0.316. The first-order valence-corrected chi connectivity index (χ1v) is 10.1. The average Bonchev–Trinajstić information content (AvgIpc) is 2.64. The number of hydrogen-bond acceptors (Lipinski definition) is 6. The number of hydrogen-bond donors (Lipinski definition) is 0. The molecule has 0 saturated carbocycles. The van der Waals surface area contributed by atoms with Gasteiger partial charge >= 0.3 is 5.97 Å². The van der Waals surface area contributed by atoms with Crippen molar-refractivity contribution in [2.45, 2.75) is 32.2 Å². The Morgan fingerprint density at radius 3 is 2.18 bits per heavy atom. The van der Waals surface area contributed by atoms with Gasteiger partial charge in [-0.2, -0.15) is 4.31 Å². The highest BCUT2D eigenvalue weighted by Gasteiger charge is 2.22. The van der Waals surface area contributed by atoms with E-state index in [4.69, 9.17) is 4.74 Å². The second-order valence-corrected chi connectivity index (χ2v) is 7.91. The molecule has 2 rings (SSSR count). The number of ketones is 1. The minimum atomic E-state index is -3.76. The number of Topliss-reactive ketones (excluding diaryl/α,β-unsaturated/α-hetero) is 1. The molecule has 0 unspecified atom stereocenters. The van der Waals surface area contributed by atoms with Gasteiger partial charge in [-0.25, -0.2) is 13.2 Å². The summed E-state index contributed by atoms with van der Waals surface area (Å²) in [6, 6.07) is 8.31. The number of nitrogens with zero attached hydrogens (tertiary/aromatic N) is 2. The van der Waals surface area contributed by atoms with Gasteiger partial charge in [-0.3, -0.25) is 9.59 Å². The van der Waals surface area contributed by atoms with Gasteiger partial charge in [0.25, 0.3) is 5.56 Å². The van der Waals surface area contributed by atoms with Crippen LogP contribution in [-0.2, 0) is 21.4 Å². The van der Waals surface area contributed by atoms with Gasteiger partial charge in [0.15, 0.2) is 5.78 Å². The van der Waals surface area contributed by atoms with Crippen LogP contribution in [0.25, 0.3) is 0 Å². The highest BCUT2D eigenvalue weighted by atomic mass is 32.2. The molecule has 0 radical (unpaired) electrons. The van der Waals surface area contributed by atoms with E-state index >= 15 is 0 Å². The number of ether oxygens (including phenoxy) is 1. The van der Waals surface area contributed by atoms with E-state index in [1.54, 1.807) is 13.8 Å². The normalized spacial score (nSPS) is 11.4. The largest absolute Gasteiger partial charge is 0.425 e. The lowest BCUT2D eigenvalue weighted by Gasteiger charge is -2.18. The summed E-state index contributed by atoms with van der Waals surface area (Å²) in [5.41, 5.74) is -0.0484. The van der Waals surface area contributed by atoms with E-state index in [2.05, 4.69) is 0 Å². The maximum atomic E-state index is 12.6. The third-order valence-electron chi connectivity index (χ3n) is 4.09. The summed E-state index contributed by atoms with van der Waals surface area (Å²) in [6.07, 6.45) is 1.14. The van der Waals surface area contributed by atoms with Gasteiger partial charge in [-0.1, -0.05) is 13.8 Å². The van der Waals surface area contributed by atoms with E-state index in [1.807, 2.05) is 0 Å². The van der Waals surface area contributed by atoms with Crippen molar-refractivity contribution in [3.8, 4) is 5.75 Å². The zero-order valence-corrected chi connectivity index (χ0v) is 16.7. The van der Waals surface area contributed by atoms with Crippen LogP contribution in [-0.4, -0.2) is 42.1 Å². The average molecular weight is 406 g/mol. The first-order valence-electron chi connectivity index (χ1n) is 8.71. The Bertz CT molecular complexity index is 1020. The van der Waals surface area contributed by atoms with Crippen LogP contribution in [0.3, 0.4) is 0 Å². The third-order valence-corrected chi connectivity index (χ3v) is 6.12. The van der Waals surface area contributed by atoms with Gasteiger partial charge in [-0.15, -0.1) is 0 Å². The van der Waals surface area contributed by atoms with E-state index in [0.717, 1.165) is 16.8 Å². The van der Waals surface area contributed by atoms with Crippen LogP contribution >= 0.6 is 0 Å². The van der Waals surface area contributed by atoms with E-state index in [9.17, 15) is 22.8 Å². The predicted octanol–water partition coefficient (Wildman–Crippen LogP) is 1.69. The van der Waals surface area contributed by atoms with Crippen LogP contribution in [0.1, 0.15) is 31.1 Å². The molecule has 0 atom stereocenters. The maximum Gasteiger partial charge on any atom is 0.331 e. The van der Waals surface area contributed by atoms with Gasteiger partial charge in [0.05, 0.1) is 4.90 Å². The molecule has 2 aromatic rings. The molecule has 28 heavy (non-hydrogen) atoms. The first-order chi connectivity index (χ1) is 13.2. The molecule has 0 aliphatic rings. The number of carbonyl (C=O) groups is 2. The SMILES string of the molecule is CCN(CC)S(=O)(=O)c1ccc(=O)n(CC(=O)Oc2ccc(C(C)=O)cc2)c1. The van der Waals surface area contributed by atoms with Crippen LogP contribution in [0.15, 0.2) is 52.3 Å². The van der Waals surface area contributed by atoms with Crippen molar-refractivity contribution >= 4 is 21.8 Å². The molecule has 8 nitrogen and oxygen atoms in total.